The number of β-amino-alcohol motifs (C(OH)–C–C–N with tert-alkyl or cyclic N) is 1. The highest BCUT2D eigenvalue weighted by atomic mass is 16.3. The van der Waals surface area contributed by atoms with Gasteiger partial charge >= 0.3 is 0 Å². The molecule has 1 aromatic carbocycles. The molecule has 1 N–H and O–H groups in total. The number of anilines is 1. The van der Waals surface area contributed by atoms with Crippen molar-refractivity contribution in [2.24, 2.45) is 5.92 Å². The van der Waals surface area contributed by atoms with Gasteiger partial charge in [-0.15, -0.1) is 0 Å². The summed E-state index contributed by atoms with van der Waals surface area (Å²) < 4.78 is 0. The second kappa shape index (κ2) is 3.92. The highest BCUT2D eigenvalue weighted by Gasteiger charge is 2.44. The second-order valence-electron chi connectivity index (χ2n) is 5.33. The topological polar surface area (TPSA) is 49.2 Å². The Labute approximate surface area is 106 Å². The van der Waals surface area contributed by atoms with Crippen molar-refractivity contribution < 1.29 is 5.11 Å². The number of para-hydroxylation sites is 2. The molecule has 18 heavy (non-hydrogen) atoms. The van der Waals surface area contributed by atoms with Crippen molar-refractivity contribution in [3.8, 4) is 0 Å². The maximum absolute atomic E-state index is 10.2. The smallest absolute Gasteiger partial charge is 0.148 e. The first-order valence-corrected chi connectivity index (χ1v) is 6.28. The van der Waals surface area contributed by atoms with Crippen LogP contribution >= 0.6 is 0 Å². The molecule has 0 atom stereocenters. The van der Waals surface area contributed by atoms with Crippen LogP contribution in [-0.2, 0) is 0 Å². The fourth-order valence-corrected chi connectivity index (χ4v) is 2.24. The first-order valence-electron chi connectivity index (χ1n) is 6.28. The third-order valence-electron chi connectivity index (χ3n) is 3.76. The molecule has 1 aromatic heterocycles. The van der Waals surface area contributed by atoms with E-state index in [2.05, 4.69) is 14.9 Å². The number of fused-ring (bicyclic) bond motifs is 1. The van der Waals surface area contributed by atoms with Crippen LogP contribution in [0.15, 0.2) is 30.5 Å². The summed E-state index contributed by atoms with van der Waals surface area (Å²) in [6.45, 7) is 5.36. The van der Waals surface area contributed by atoms with Crippen LogP contribution in [0.3, 0.4) is 0 Å². The first-order chi connectivity index (χ1) is 8.58. The molecule has 1 aliphatic heterocycles. The van der Waals surface area contributed by atoms with Crippen molar-refractivity contribution in [3.05, 3.63) is 30.5 Å². The fourth-order valence-electron chi connectivity index (χ4n) is 2.24. The molecule has 1 aliphatic rings. The van der Waals surface area contributed by atoms with Gasteiger partial charge in [-0.05, 0) is 18.1 Å². The van der Waals surface area contributed by atoms with Crippen LogP contribution in [0.5, 0.6) is 0 Å². The number of benzene rings is 1. The van der Waals surface area contributed by atoms with Crippen molar-refractivity contribution in [3.63, 3.8) is 0 Å². The Morgan fingerprint density at radius 3 is 2.56 bits per heavy atom. The van der Waals surface area contributed by atoms with Gasteiger partial charge in [-0.3, -0.25) is 4.98 Å². The van der Waals surface area contributed by atoms with Crippen LogP contribution < -0.4 is 4.90 Å². The van der Waals surface area contributed by atoms with Crippen molar-refractivity contribution in [2.45, 2.75) is 19.4 Å². The van der Waals surface area contributed by atoms with E-state index in [-0.39, 0.29) is 5.92 Å². The summed E-state index contributed by atoms with van der Waals surface area (Å²) in [5.41, 5.74) is 1.23. The van der Waals surface area contributed by atoms with E-state index in [1.165, 1.54) is 0 Å². The third-order valence-corrected chi connectivity index (χ3v) is 3.76. The minimum Gasteiger partial charge on any atom is -0.386 e. The van der Waals surface area contributed by atoms with Crippen LogP contribution in [0.4, 0.5) is 5.82 Å². The highest BCUT2D eigenvalue weighted by Crippen LogP contribution is 2.31. The van der Waals surface area contributed by atoms with Crippen molar-refractivity contribution >= 4 is 16.9 Å². The molecule has 1 fully saturated rings. The number of hydrogen-bond donors (Lipinski definition) is 1. The number of aromatic nitrogens is 2. The van der Waals surface area contributed by atoms with E-state index in [0.29, 0.717) is 13.1 Å². The van der Waals surface area contributed by atoms with Gasteiger partial charge in [-0.1, -0.05) is 26.0 Å². The van der Waals surface area contributed by atoms with Crippen molar-refractivity contribution in [2.75, 3.05) is 18.0 Å². The predicted molar refractivity (Wildman–Crippen MR) is 71.5 cm³/mol. The average molecular weight is 243 g/mol. The number of rotatable bonds is 2. The molecule has 0 bridgehead atoms. The quantitative estimate of drug-likeness (QED) is 0.874. The lowest BCUT2D eigenvalue weighted by molar-refractivity contribution is -0.0304. The van der Waals surface area contributed by atoms with Gasteiger partial charge in [0.15, 0.2) is 0 Å². The van der Waals surface area contributed by atoms with E-state index < -0.39 is 5.60 Å². The third kappa shape index (κ3) is 1.73. The molecule has 94 valence electrons. The molecule has 3 rings (SSSR count). The molecule has 0 unspecified atom stereocenters. The molecule has 1 saturated heterocycles. The van der Waals surface area contributed by atoms with E-state index in [1.54, 1.807) is 6.20 Å². The molecule has 0 spiro atoms. The Kier molecular flexibility index (Phi) is 2.48. The van der Waals surface area contributed by atoms with Crippen LogP contribution in [0, 0.1) is 5.92 Å². The predicted octanol–water partition coefficient (Wildman–Crippen LogP) is 1.84. The van der Waals surface area contributed by atoms with E-state index in [0.717, 1.165) is 16.9 Å². The first kappa shape index (κ1) is 11.4. The summed E-state index contributed by atoms with van der Waals surface area (Å²) >= 11 is 0. The SMILES string of the molecule is CC(C)C1(O)CN(c2cnc3ccccc3n2)C1. The van der Waals surface area contributed by atoms with Gasteiger partial charge < -0.3 is 10.0 Å². The molecular formula is C14H17N3O. The molecule has 4 heteroatoms. The number of hydrogen-bond acceptors (Lipinski definition) is 4. The molecule has 4 nitrogen and oxygen atoms in total. The Hall–Kier alpha value is -1.68. The summed E-state index contributed by atoms with van der Waals surface area (Å²) in [6.07, 6.45) is 1.78. The van der Waals surface area contributed by atoms with E-state index in [1.807, 2.05) is 38.1 Å². The minimum absolute atomic E-state index is 0.266. The largest absolute Gasteiger partial charge is 0.386 e. The van der Waals surface area contributed by atoms with Gasteiger partial charge in [0.1, 0.15) is 11.4 Å². The molecule has 2 heterocycles. The molecular weight excluding hydrogens is 226 g/mol. The summed E-state index contributed by atoms with van der Waals surface area (Å²) in [5.74, 6) is 1.11. The summed E-state index contributed by atoms with van der Waals surface area (Å²) in [5, 5.41) is 10.2. The molecule has 0 amide bonds. The summed E-state index contributed by atoms with van der Waals surface area (Å²) in [7, 11) is 0. The molecule has 2 aromatic rings. The zero-order valence-electron chi connectivity index (χ0n) is 10.7. The van der Waals surface area contributed by atoms with Gasteiger partial charge in [0.2, 0.25) is 0 Å². The number of nitrogens with zero attached hydrogens (tertiary/aromatic N) is 3. The maximum atomic E-state index is 10.2. The van der Waals surface area contributed by atoms with E-state index in [9.17, 15) is 5.11 Å². The average Bonchev–Trinajstić information content (AvgIpc) is 2.34. The van der Waals surface area contributed by atoms with Crippen LogP contribution in [0.25, 0.3) is 11.0 Å². The molecule has 0 radical (unpaired) electrons. The Morgan fingerprint density at radius 1 is 1.22 bits per heavy atom. The van der Waals surface area contributed by atoms with Gasteiger partial charge in [-0.25, -0.2) is 4.98 Å². The molecule has 0 saturated carbocycles. The maximum Gasteiger partial charge on any atom is 0.148 e. The van der Waals surface area contributed by atoms with Crippen molar-refractivity contribution in [1.29, 1.82) is 0 Å². The van der Waals surface area contributed by atoms with Gasteiger partial charge in [0, 0.05) is 0 Å². The van der Waals surface area contributed by atoms with Crippen LogP contribution in [0.2, 0.25) is 0 Å². The monoisotopic (exact) mass is 243 g/mol. The lowest BCUT2D eigenvalue weighted by Crippen LogP contribution is -2.65. The molecule has 0 aliphatic carbocycles. The normalized spacial score (nSPS) is 18.1. The van der Waals surface area contributed by atoms with Gasteiger partial charge in [0.05, 0.1) is 30.3 Å². The van der Waals surface area contributed by atoms with Gasteiger partial charge in [-0.2, -0.15) is 0 Å². The van der Waals surface area contributed by atoms with Gasteiger partial charge in [0.25, 0.3) is 0 Å². The summed E-state index contributed by atoms with van der Waals surface area (Å²) in [6, 6.07) is 7.83. The highest BCUT2D eigenvalue weighted by molar-refractivity contribution is 5.75. The Bertz CT molecular complexity index is 576. The summed E-state index contributed by atoms with van der Waals surface area (Å²) in [4.78, 5) is 11.0. The van der Waals surface area contributed by atoms with Crippen LogP contribution in [-0.4, -0.2) is 33.8 Å². The second-order valence-corrected chi connectivity index (χ2v) is 5.33. The van der Waals surface area contributed by atoms with E-state index >= 15 is 0 Å². The zero-order chi connectivity index (χ0) is 12.8. The zero-order valence-corrected chi connectivity index (χ0v) is 10.7. The van der Waals surface area contributed by atoms with Crippen LogP contribution in [0.1, 0.15) is 13.8 Å². The Balaban J connectivity index is 1.85. The Morgan fingerprint density at radius 2 is 1.89 bits per heavy atom. The minimum atomic E-state index is -0.576. The van der Waals surface area contributed by atoms with E-state index in [4.69, 9.17) is 0 Å². The van der Waals surface area contributed by atoms with Crippen molar-refractivity contribution in [1.82, 2.24) is 9.97 Å². The lowest BCUT2D eigenvalue weighted by atomic mass is 9.83. The number of aliphatic hydroxyl groups is 1. The standard InChI is InChI=1S/C14H17N3O/c1-10(2)14(18)8-17(9-14)13-7-15-11-5-3-4-6-12(11)16-13/h3-7,10,18H,8-9H2,1-2H3. The fraction of sp³-hybridized carbons (Fsp3) is 0.429. The lowest BCUT2D eigenvalue weighted by Gasteiger charge is -2.49.